The molecule has 0 bridgehead atoms. The molecule has 0 spiro atoms. The van der Waals surface area contributed by atoms with Gasteiger partial charge in [-0.2, -0.15) is 0 Å². The number of carbonyl (C=O) groups is 1. The predicted octanol–water partition coefficient (Wildman–Crippen LogP) is 1.33. The summed E-state index contributed by atoms with van der Waals surface area (Å²) >= 11 is 0. The average Bonchev–Trinajstić information content (AvgIpc) is 2.39. The molecule has 0 saturated carbocycles. The van der Waals surface area contributed by atoms with Gasteiger partial charge < -0.3 is 14.9 Å². The first kappa shape index (κ1) is 13.9. The Kier molecular flexibility index (Phi) is 4.10. The first-order chi connectivity index (χ1) is 9.06. The van der Waals surface area contributed by atoms with Crippen molar-refractivity contribution in [2.24, 2.45) is 0 Å². The van der Waals surface area contributed by atoms with Gasteiger partial charge >= 0.3 is 0 Å². The number of likely N-dealkylation sites (N-methyl/N-ethyl adjacent to an activating group) is 1. The standard InChI is InChI=1S/C15H22N2O2/c1-11-5-4-6-13(12(11)2)17-9-8-16(3)15(19)14(17)7-10-18/h4-6,14,18H,7-10H2,1-3H3. The summed E-state index contributed by atoms with van der Waals surface area (Å²) in [7, 11) is 1.83. The Morgan fingerprint density at radius 1 is 1.32 bits per heavy atom. The van der Waals surface area contributed by atoms with Crippen molar-refractivity contribution >= 4 is 11.6 Å². The topological polar surface area (TPSA) is 43.8 Å². The van der Waals surface area contributed by atoms with E-state index < -0.39 is 0 Å². The fourth-order valence-electron chi connectivity index (χ4n) is 2.65. The molecule has 1 aromatic carbocycles. The van der Waals surface area contributed by atoms with Gasteiger partial charge in [-0.15, -0.1) is 0 Å². The number of hydrogen-bond acceptors (Lipinski definition) is 3. The molecule has 0 aromatic heterocycles. The Morgan fingerprint density at radius 3 is 2.74 bits per heavy atom. The molecule has 19 heavy (non-hydrogen) atoms. The lowest BCUT2D eigenvalue weighted by molar-refractivity contribution is -0.133. The number of nitrogens with zero attached hydrogens (tertiary/aromatic N) is 2. The number of piperazine rings is 1. The molecule has 0 radical (unpaired) electrons. The molecule has 2 rings (SSSR count). The van der Waals surface area contributed by atoms with Gasteiger partial charge in [0.2, 0.25) is 5.91 Å². The highest BCUT2D eigenvalue weighted by Gasteiger charge is 2.33. The molecule has 4 heteroatoms. The van der Waals surface area contributed by atoms with E-state index in [1.807, 2.05) is 13.1 Å². The van der Waals surface area contributed by atoms with Crippen LogP contribution >= 0.6 is 0 Å². The number of anilines is 1. The highest BCUT2D eigenvalue weighted by Crippen LogP contribution is 2.27. The third-order valence-corrected chi connectivity index (χ3v) is 4.00. The minimum Gasteiger partial charge on any atom is -0.396 e. The number of aryl methyl sites for hydroxylation is 1. The second kappa shape index (κ2) is 5.61. The molecule has 1 amide bonds. The molecule has 1 fully saturated rings. The first-order valence-electron chi connectivity index (χ1n) is 6.75. The van der Waals surface area contributed by atoms with Crippen molar-refractivity contribution in [3.8, 4) is 0 Å². The van der Waals surface area contributed by atoms with Crippen LogP contribution in [0.3, 0.4) is 0 Å². The van der Waals surface area contributed by atoms with E-state index >= 15 is 0 Å². The van der Waals surface area contributed by atoms with Gasteiger partial charge in [0.15, 0.2) is 0 Å². The van der Waals surface area contributed by atoms with E-state index in [2.05, 4.69) is 30.9 Å². The van der Waals surface area contributed by atoms with Crippen molar-refractivity contribution in [1.29, 1.82) is 0 Å². The van der Waals surface area contributed by atoms with Crippen LogP contribution in [-0.2, 0) is 4.79 Å². The molecule has 1 saturated heterocycles. The second-order valence-electron chi connectivity index (χ2n) is 5.20. The summed E-state index contributed by atoms with van der Waals surface area (Å²) in [6.07, 6.45) is 0.483. The number of amides is 1. The molecule has 1 heterocycles. The third kappa shape index (κ3) is 2.59. The second-order valence-corrected chi connectivity index (χ2v) is 5.20. The fraction of sp³-hybridized carbons (Fsp3) is 0.533. The average molecular weight is 262 g/mol. The normalized spacial score (nSPS) is 20.0. The minimum absolute atomic E-state index is 0.0333. The molecule has 104 valence electrons. The van der Waals surface area contributed by atoms with Crippen LogP contribution < -0.4 is 4.90 Å². The molecule has 1 unspecified atom stereocenters. The molecule has 4 nitrogen and oxygen atoms in total. The van der Waals surface area contributed by atoms with Gasteiger partial charge in [-0.25, -0.2) is 0 Å². The number of rotatable bonds is 3. The molecule has 1 aliphatic rings. The maximum absolute atomic E-state index is 12.3. The zero-order valence-electron chi connectivity index (χ0n) is 11.9. The van der Waals surface area contributed by atoms with Crippen molar-refractivity contribution in [1.82, 2.24) is 4.90 Å². The van der Waals surface area contributed by atoms with Crippen LogP contribution in [0.4, 0.5) is 5.69 Å². The van der Waals surface area contributed by atoms with Crippen LogP contribution in [0.5, 0.6) is 0 Å². The van der Waals surface area contributed by atoms with Gasteiger partial charge in [-0.05, 0) is 37.5 Å². The summed E-state index contributed by atoms with van der Waals surface area (Å²) in [6, 6.07) is 5.92. The molecular weight excluding hydrogens is 240 g/mol. The number of carbonyl (C=O) groups excluding carboxylic acids is 1. The summed E-state index contributed by atoms with van der Waals surface area (Å²) in [5.74, 6) is 0.0983. The zero-order valence-corrected chi connectivity index (χ0v) is 11.9. The van der Waals surface area contributed by atoms with Crippen molar-refractivity contribution in [2.45, 2.75) is 26.3 Å². The van der Waals surface area contributed by atoms with Gasteiger partial charge in [0.25, 0.3) is 0 Å². The maximum Gasteiger partial charge on any atom is 0.245 e. The van der Waals surface area contributed by atoms with E-state index in [1.54, 1.807) is 4.90 Å². The summed E-state index contributed by atoms with van der Waals surface area (Å²) in [6.45, 7) is 5.75. The zero-order chi connectivity index (χ0) is 14.0. The number of benzene rings is 1. The number of aliphatic hydroxyl groups is 1. The van der Waals surface area contributed by atoms with Crippen molar-refractivity contribution in [2.75, 3.05) is 31.6 Å². The van der Waals surface area contributed by atoms with E-state index in [0.29, 0.717) is 6.42 Å². The van der Waals surface area contributed by atoms with Crippen LogP contribution in [-0.4, -0.2) is 48.7 Å². The van der Waals surface area contributed by atoms with E-state index in [9.17, 15) is 9.90 Å². The van der Waals surface area contributed by atoms with Crippen LogP contribution in [0.15, 0.2) is 18.2 Å². The highest BCUT2D eigenvalue weighted by atomic mass is 16.3. The highest BCUT2D eigenvalue weighted by molar-refractivity contribution is 5.86. The summed E-state index contributed by atoms with van der Waals surface area (Å²) < 4.78 is 0. The fourth-order valence-corrected chi connectivity index (χ4v) is 2.65. The molecule has 1 aliphatic heterocycles. The van der Waals surface area contributed by atoms with Gasteiger partial charge in [-0.1, -0.05) is 12.1 Å². The Labute approximate surface area is 114 Å². The van der Waals surface area contributed by atoms with Crippen molar-refractivity contribution in [3.63, 3.8) is 0 Å². The number of aliphatic hydroxyl groups excluding tert-OH is 1. The number of hydrogen-bond donors (Lipinski definition) is 1. The SMILES string of the molecule is Cc1cccc(N2CCN(C)C(=O)C2CCO)c1C. The molecule has 0 aliphatic carbocycles. The monoisotopic (exact) mass is 262 g/mol. The van der Waals surface area contributed by atoms with Gasteiger partial charge in [-0.3, -0.25) is 4.79 Å². The minimum atomic E-state index is -0.246. The first-order valence-corrected chi connectivity index (χ1v) is 6.75. The van der Waals surface area contributed by atoms with Gasteiger partial charge in [0.05, 0.1) is 0 Å². The molecule has 1 N–H and O–H groups in total. The van der Waals surface area contributed by atoms with Crippen LogP contribution in [0.2, 0.25) is 0 Å². The van der Waals surface area contributed by atoms with E-state index in [-0.39, 0.29) is 18.6 Å². The third-order valence-electron chi connectivity index (χ3n) is 4.00. The molecule has 1 atom stereocenters. The quantitative estimate of drug-likeness (QED) is 0.894. The van der Waals surface area contributed by atoms with E-state index in [0.717, 1.165) is 18.8 Å². The predicted molar refractivity (Wildman–Crippen MR) is 76.4 cm³/mol. The Hall–Kier alpha value is -1.55. The maximum atomic E-state index is 12.3. The van der Waals surface area contributed by atoms with E-state index in [4.69, 9.17) is 0 Å². The van der Waals surface area contributed by atoms with Gasteiger partial charge in [0, 0.05) is 32.4 Å². The van der Waals surface area contributed by atoms with Crippen molar-refractivity contribution in [3.05, 3.63) is 29.3 Å². The Bertz CT molecular complexity index is 473. The van der Waals surface area contributed by atoms with Crippen LogP contribution in [0.1, 0.15) is 17.5 Å². The smallest absolute Gasteiger partial charge is 0.245 e. The Balaban J connectivity index is 2.35. The molecular formula is C15H22N2O2. The van der Waals surface area contributed by atoms with Crippen molar-refractivity contribution < 1.29 is 9.90 Å². The van der Waals surface area contributed by atoms with E-state index in [1.165, 1.54) is 11.1 Å². The summed E-state index contributed by atoms with van der Waals surface area (Å²) in [5, 5.41) is 9.21. The van der Waals surface area contributed by atoms with Crippen LogP contribution in [0.25, 0.3) is 0 Å². The van der Waals surface area contributed by atoms with Crippen LogP contribution in [0, 0.1) is 13.8 Å². The lowest BCUT2D eigenvalue weighted by Crippen LogP contribution is -2.56. The summed E-state index contributed by atoms with van der Waals surface area (Å²) in [5.41, 5.74) is 3.55. The Morgan fingerprint density at radius 2 is 2.05 bits per heavy atom. The lowest BCUT2D eigenvalue weighted by Gasteiger charge is -2.41. The molecule has 1 aromatic rings. The summed E-state index contributed by atoms with van der Waals surface area (Å²) in [4.78, 5) is 16.2. The van der Waals surface area contributed by atoms with Gasteiger partial charge in [0.1, 0.15) is 6.04 Å². The lowest BCUT2D eigenvalue weighted by atomic mass is 10.0. The largest absolute Gasteiger partial charge is 0.396 e.